The van der Waals surface area contributed by atoms with Gasteiger partial charge in [-0.2, -0.15) is 0 Å². The summed E-state index contributed by atoms with van der Waals surface area (Å²) in [5, 5.41) is 23.4. The molecule has 1 heterocycles. The first-order valence-corrected chi connectivity index (χ1v) is 10.5. The number of ketones is 1. The Hall–Kier alpha value is -1.01. The first kappa shape index (κ1) is 21.2. The number of carbonyl (C=O) groups excluding carboxylic acids is 1. The van der Waals surface area contributed by atoms with Gasteiger partial charge in [0.15, 0.2) is 11.6 Å². The van der Waals surface area contributed by atoms with Crippen LogP contribution < -0.4 is 0 Å². The van der Waals surface area contributed by atoms with Gasteiger partial charge in [0, 0.05) is 5.92 Å². The van der Waals surface area contributed by atoms with Gasteiger partial charge in [0.2, 0.25) is 0 Å². The van der Waals surface area contributed by atoms with Crippen LogP contribution in [-0.2, 0) is 14.3 Å². The second-order valence-electron chi connectivity index (χ2n) is 10.9. The van der Waals surface area contributed by atoms with Crippen LogP contribution in [0.15, 0.2) is 23.3 Å². The average Bonchev–Trinajstić information content (AvgIpc) is 3.10. The van der Waals surface area contributed by atoms with Gasteiger partial charge in [0.05, 0.1) is 12.0 Å². The lowest BCUT2D eigenvalue weighted by Crippen LogP contribution is -2.67. The Balaban J connectivity index is 0.00000205. The Labute approximate surface area is 174 Å². The normalized spacial score (nSPS) is 51.2. The van der Waals surface area contributed by atoms with E-state index in [1.165, 1.54) is 0 Å². The van der Waals surface area contributed by atoms with Gasteiger partial charge >= 0.3 is 0 Å². The summed E-state index contributed by atoms with van der Waals surface area (Å²) in [6.45, 7) is 12.3. The zero-order valence-electron chi connectivity index (χ0n) is 17.7. The van der Waals surface area contributed by atoms with Crippen LogP contribution in [0.3, 0.4) is 0 Å². The van der Waals surface area contributed by atoms with E-state index in [4.69, 9.17) is 9.47 Å². The smallest absolute Gasteiger partial charge is 0.164 e. The molecule has 2 bridgehead atoms. The van der Waals surface area contributed by atoms with Gasteiger partial charge in [-0.3, -0.25) is 4.79 Å². The number of fused-ring (bicyclic) bond motifs is 5. The summed E-state index contributed by atoms with van der Waals surface area (Å²) in [5.74, 6) is -0.504. The first-order chi connectivity index (χ1) is 12.9. The Morgan fingerprint density at radius 1 is 1.21 bits per heavy atom. The van der Waals surface area contributed by atoms with Crippen LogP contribution in [0.1, 0.15) is 55.4 Å². The predicted molar refractivity (Wildman–Crippen MR) is 110 cm³/mol. The third kappa shape index (κ3) is 2.28. The molecule has 5 nitrogen and oxygen atoms in total. The number of carbonyl (C=O) groups is 1. The minimum absolute atomic E-state index is 0. The van der Waals surface area contributed by atoms with Crippen LogP contribution in [0, 0.1) is 34.5 Å². The second-order valence-corrected chi connectivity index (χ2v) is 10.9. The molecule has 5 aliphatic rings. The molecule has 0 aromatic heterocycles. The summed E-state index contributed by atoms with van der Waals surface area (Å²) in [6.07, 6.45) is 2.85. The first-order valence-electron chi connectivity index (χ1n) is 10.5. The predicted octanol–water partition coefficient (Wildman–Crippen LogP) is 3.25. The second kappa shape index (κ2) is 5.82. The van der Waals surface area contributed by atoms with Crippen molar-refractivity contribution in [1.82, 2.24) is 0 Å². The molecule has 8 atom stereocenters. The Bertz CT molecular complexity index is 823. The number of hydrogen-bond acceptors (Lipinski definition) is 5. The fourth-order valence-electron chi connectivity index (χ4n) is 7.14. The van der Waals surface area contributed by atoms with Crippen molar-refractivity contribution in [3.05, 3.63) is 23.3 Å². The number of aliphatic hydroxyl groups is 2. The highest BCUT2D eigenvalue weighted by atomic mass is 16.7. The van der Waals surface area contributed by atoms with E-state index in [0.29, 0.717) is 18.1 Å². The number of rotatable bonds is 0. The summed E-state index contributed by atoms with van der Waals surface area (Å²) in [7, 11) is 0. The van der Waals surface area contributed by atoms with Gasteiger partial charge in [-0.15, -0.1) is 0 Å². The number of Topliss-reactive ketones (excluding diaryl/α,β-unsaturated/α-hetero) is 1. The quantitative estimate of drug-likeness (QED) is 0.606. The van der Waals surface area contributed by atoms with E-state index in [1.54, 1.807) is 0 Å². The van der Waals surface area contributed by atoms with Crippen molar-refractivity contribution in [3.8, 4) is 0 Å². The van der Waals surface area contributed by atoms with Crippen molar-refractivity contribution < 1.29 is 24.5 Å². The van der Waals surface area contributed by atoms with Crippen molar-refractivity contribution in [2.45, 2.75) is 79.0 Å². The lowest BCUT2D eigenvalue weighted by atomic mass is 9.59. The van der Waals surface area contributed by atoms with Crippen LogP contribution in [-0.4, -0.2) is 46.2 Å². The molecule has 162 valence electrons. The molecule has 1 saturated heterocycles. The van der Waals surface area contributed by atoms with Crippen molar-refractivity contribution in [1.29, 1.82) is 0 Å². The summed E-state index contributed by atoms with van der Waals surface area (Å²) >= 11 is 0. The Morgan fingerprint density at radius 2 is 1.86 bits per heavy atom. The molecule has 2 N–H and O–H groups in total. The Morgan fingerprint density at radius 3 is 2.52 bits per heavy atom. The molecule has 3 fully saturated rings. The SMILES string of the molecule is C.CC1=C[C@]23C(=O)[C@@H](C=C4COC(C)(C)O[C@H]4[C@]2(O)[C@H]1O)[C@H]1[C@@H](C[C@H]3C)C1(C)C. The lowest BCUT2D eigenvalue weighted by Gasteiger charge is -2.52. The van der Waals surface area contributed by atoms with Crippen molar-refractivity contribution in [2.24, 2.45) is 34.5 Å². The van der Waals surface area contributed by atoms with Crippen molar-refractivity contribution in [3.63, 3.8) is 0 Å². The fourth-order valence-corrected chi connectivity index (χ4v) is 7.14. The van der Waals surface area contributed by atoms with Gasteiger partial charge in [0.25, 0.3) is 0 Å². The van der Waals surface area contributed by atoms with Gasteiger partial charge in [-0.1, -0.05) is 40.3 Å². The molecule has 0 radical (unpaired) electrons. The van der Waals surface area contributed by atoms with E-state index in [9.17, 15) is 15.0 Å². The monoisotopic (exact) mass is 404 g/mol. The van der Waals surface area contributed by atoms with E-state index in [2.05, 4.69) is 20.8 Å². The molecule has 5 rings (SSSR count). The molecule has 4 aliphatic carbocycles. The molecule has 29 heavy (non-hydrogen) atoms. The highest BCUT2D eigenvalue weighted by Gasteiger charge is 2.76. The Kier molecular flexibility index (Phi) is 4.26. The van der Waals surface area contributed by atoms with Gasteiger partial charge < -0.3 is 19.7 Å². The molecule has 0 amide bonds. The molecule has 1 aliphatic heterocycles. The summed E-state index contributed by atoms with van der Waals surface area (Å²) in [6, 6.07) is 0. The zero-order chi connectivity index (χ0) is 20.4. The van der Waals surface area contributed by atoms with Crippen LogP contribution in [0.25, 0.3) is 0 Å². The third-order valence-corrected chi connectivity index (χ3v) is 8.71. The largest absolute Gasteiger partial charge is 0.386 e. The molecule has 0 unspecified atom stereocenters. The standard InChI is InChI=1S/C23H32O5.CH4/c1-11-9-22-12(2)7-15-16(20(15,3)4)14(18(22)25)8-13-10-27-21(5,6)28-19(13)23(22,26)17(11)24;/h8-9,12,14-17,19,24,26H,7,10H2,1-6H3;1H4/t12-,14+,15-,16+,17+,19-,22+,23-;/m1./s1. The van der Waals surface area contributed by atoms with Crippen LogP contribution in [0.5, 0.6) is 0 Å². The number of hydrogen-bond donors (Lipinski definition) is 2. The number of aliphatic hydroxyl groups excluding tert-OH is 1. The molecule has 2 saturated carbocycles. The molecule has 1 spiro atoms. The van der Waals surface area contributed by atoms with Crippen LogP contribution >= 0.6 is 0 Å². The molecule has 0 aromatic carbocycles. The van der Waals surface area contributed by atoms with Gasteiger partial charge in [-0.05, 0) is 61.5 Å². The maximum absolute atomic E-state index is 14.1. The highest BCUT2D eigenvalue weighted by Crippen LogP contribution is 2.72. The average molecular weight is 405 g/mol. The molecular weight excluding hydrogens is 368 g/mol. The van der Waals surface area contributed by atoms with Gasteiger partial charge in [-0.25, -0.2) is 0 Å². The third-order valence-electron chi connectivity index (χ3n) is 8.71. The number of ether oxygens (including phenoxy) is 2. The number of allylic oxidation sites excluding steroid dienone is 1. The minimum Gasteiger partial charge on any atom is -0.386 e. The molecular formula is C24H36O5. The maximum Gasteiger partial charge on any atom is 0.164 e. The summed E-state index contributed by atoms with van der Waals surface area (Å²) in [5.41, 5.74) is -1.29. The molecule has 0 aromatic rings. The highest BCUT2D eigenvalue weighted by molar-refractivity contribution is 5.95. The molecule has 5 heteroatoms. The van der Waals surface area contributed by atoms with Crippen LogP contribution in [0.2, 0.25) is 0 Å². The minimum atomic E-state index is -1.71. The van der Waals surface area contributed by atoms with E-state index in [-0.39, 0.29) is 36.4 Å². The van der Waals surface area contributed by atoms with E-state index >= 15 is 0 Å². The lowest BCUT2D eigenvalue weighted by molar-refractivity contribution is -0.303. The van der Waals surface area contributed by atoms with Gasteiger partial charge in [0.1, 0.15) is 17.8 Å². The van der Waals surface area contributed by atoms with Crippen molar-refractivity contribution in [2.75, 3.05) is 6.61 Å². The zero-order valence-corrected chi connectivity index (χ0v) is 17.7. The van der Waals surface area contributed by atoms with E-state index < -0.39 is 29.0 Å². The fraction of sp³-hybridized carbons (Fsp3) is 0.792. The summed E-state index contributed by atoms with van der Waals surface area (Å²) < 4.78 is 12.1. The van der Waals surface area contributed by atoms with E-state index in [0.717, 1.165) is 12.0 Å². The van der Waals surface area contributed by atoms with Crippen molar-refractivity contribution >= 4 is 5.78 Å². The maximum atomic E-state index is 14.1. The topological polar surface area (TPSA) is 76.0 Å². The van der Waals surface area contributed by atoms with Crippen LogP contribution in [0.4, 0.5) is 0 Å². The van der Waals surface area contributed by atoms with E-state index in [1.807, 2.05) is 32.9 Å². The summed E-state index contributed by atoms with van der Waals surface area (Å²) in [4.78, 5) is 14.1.